The fourth-order valence-electron chi connectivity index (χ4n) is 1.79. The van der Waals surface area contributed by atoms with Gasteiger partial charge in [0.25, 0.3) is 0 Å². The van der Waals surface area contributed by atoms with E-state index in [0.29, 0.717) is 26.1 Å². The van der Waals surface area contributed by atoms with Crippen molar-refractivity contribution >= 4 is 5.69 Å². The van der Waals surface area contributed by atoms with E-state index < -0.39 is 5.60 Å². The first kappa shape index (κ1) is 9.49. The molecule has 3 heteroatoms. The van der Waals surface area contributed by atoms with E-state index in [0.717, 1.165) is 11.3 Å². The van der Waals surface area contributed by atoms with Gasteiger partial charge in [-0.1, -0.05) is 12.1 Å². The third-order valence-electron chi connectivity index (χ3n) is 2.77. The second-order valence-corrected chi connectivity index (χ2v) is 3.77. The van der Waals surface area contributed by atoms with Crippen LogP contribution in [-0.2, 0) is 10.3 Å². The molecule has 1 fully saturated rings. The van der Waals surface area contributed by atoms with Crippen LogP contribution in [0.15, 0.2) is 24.3 Å². The number of nitrogens with two attached hydrogens (primary N) is 1. The lowest BCUT2D eigenvalue weighted by molar-refractivity contribution is -0.0679. The summed E-state index contributed by atoms with van der Waals surface area (Å²) in [6, 6.07) is 7.42. The molecule has 0 bridgehead atoms. The maximum Gasteiger partial charge on any atom is 0.0940 e. The van der Waals surface area contributed by atoms with Crippen LogP contribution in [0.4, 0.5) is 5.69 Å². The van der Waals surface area contributed by atoms with Crippen LogP contribution in [-0.4, -0.2) is 18.3 Å². The number of hydrogen-bond donors (Lipinski definition) is 2. The van der Waals surface area contributed by atoms with Crippen LogP contribution in [0.25, 0.3) is 0 Å². The third kappa shape index (κ3) is 1.74. The first-order valence-corrected chi connectivity index (χ1v) is 4.87. The van der Waals surface area contributed by atoms with Crippen LogP contribution in [0.5, 0.6) is 0 Å². The van der Waals surface area contributed by atoms with Gasteiger partial charge in [-0.3, -0.25) is 0 Å². The minimum atomic E-state index is -0.716. The van der Waals surface area contributed by atoms with Gasteiger partial charge in [-0.15, -0.1) is 0 Å². The summed E-state index contributed by atoms with van der Waals surface area (Å²) in [5.41, 5.74) is 6.54. The second-order valence-electron chi connectivity index (χ2n) is 3.77. The van der Waals surface area contributed by atoms with E-state index in [1.165, 1.54) is 0 Å². The molecule has 0 radical (unpaired) electrons. The minimum Gasteiger partial charge on any atom is -0.399 e. The Bertz CT molecular complexity index is 302. The molecule has 0 aliphatic carbocycles. The molecule has 3 nitrogen and oxygen atoms in total. The molecule has 14 heavy (non-hydrogen) atoms. The van der Waals surface area contributed by atoms with Crippen LogP contribution < -0.4 is 5.73 Å². The van der Waals surface area contributed by atoms with Gasteiger partial charge in [-0.2, -0.15) is 0 Å². The molecule has 1 aromatic carbocycles. The van der Waals surface area contributed by atoms with Crippen LogP contribution >= 0.6 is 0 Å². The molecular formula is C11H15NO2. The number of hydrogen-bond acceptors (Lipinski definition) is 3. The first-order valence-electron chi connectivity index (χ1n) is 4.87. The van der Waals surface area contributed by atoms with Gasteiger partial charge >= 0.3 is 0 Å². The Balaban J connectivity index is 2.23. The summed E-state index contributed by atoms with van der Waals surface area (Å²) in [7, 11) is 0. The van der Waals surface area contributed by atoms with Gasteiger partial charge in [-0.05, 0) is 17.7 Å². The summed E-state index contributed by atoms with van der Waals surface area (Å²) >= 11 is 0. The molecule has 0 amide bonds. The zero-order chi connectivity index (χ0) is 10.0. The number of aliphatic hydroxyl groups is 1. The lowest BCUT2D eigenvalue weighted by Gasteiger charge is -2.32. The van der Waals surface area contributed by atoms with Crippen molar-refractivity contribution in [3.63, 3.8) is 0 Å². The van der Waals surface area contributed by atoms with Crippen molar-refractivity contribution in [1.82, 2.24) is 0 Å². The summed E-state index contributed by atoms with van der Waals surface area (Å²) in [5, 5.41) is 10.3. The highest BCUT2D eigenvalue weighted by molar-refractivity contribution is 5.40. The van der Waals surface area contributed by atoms with Crippen molar-refractivity contribution in [3.8, 4) is 0 Å². The van der Waals surface area contributed by atoms with Crippen molar-refractivity contribution in [3.05, 3.63) is 29.8 Å². The van der Waals surface area contributed by atoms with Crippen molar-refractivity contribution in [1.29, 1.82) is 0 Å². The highest BCUT2D eigenvalue weighted by atomic mass is 16.5. The standard InChI is InChI=1S/C11H15NO2/c12-10-3-1-9(2-4-10)11(13)5-7-14-8-6-11/h1-4,13H,5-8,12H2. The van der Waals surface area contributed by atoms with Gasteiger partial charge in [0.05, 0.1) is 5.60 Å². The molecule has 2 rings (SSSR count). The fourth-order valence-corrected chi connectivity index (χ4v) is 1.79. The molecule has 1 aliphatic heterocycles. The predicted molar refractivity (Wildman–Crippen MR) is 54.8 cm³/mol. The van der Waals surface area contributed by atoms with E-state index in [9.17, 15) is 5.11 Å². The molecule has 3 N–H and O–H groups in total. The maximum absolute atomic E-state index is 10.3. The maximum atomic E-state index is 10.3. The second kappa shape index (κ2) is 3.59. The number of nitrogen functional groups attached to an aromatic ring is 1. The Morgan fingerprint density at radius 3 is 2.29 bits per heavy atom. The summed E-state index contributed by atoms with van der Waals surface area (Å²) in [6.45, 7) is 1.25. The van der Waals surface area contributed by atoms with E-state index in [4.69, 9.17) is 10.5 Å². The Labute approximate surface area is 83.5 Å². The first-order chi connectivity index (χ1) is 6.71. The zero-order valence-corrected chi connectivity index (χ0v) is 8.07. The SMILES string of the molecule is Nc1ccc(C2(O)CCOCC2)cc1. The van der Waals surface area contributed by atoms with Crippen LogP contribution in [0, 0.1) is 0 Å². The van der Waals surface area contributed by atoms with Gasteiger partial charge in [0, 0.05) is 31.7 Å². The molecule has 1 aliphatic rings. The van der Waals surface area contributed by atoms with E-state index in [1.807, 2.05) is 24.3 Å². The summed E-state index contributed by atoms with van der Waals surface area (Å²) in [6.07, 6.45) is 1.33. The number of benzene rings is 1. The molecule has 0 aromatic heterocycles. The van der Waals surface area contributed by atoms with Crippen LogP contribution in [0.3, 0.4) is 0 Å². The highest BCUT2D eigenvalue weighted by Gasteiger charge is 2.31. The van der Waals surface area contributed by atoms with Gasteiger partial charge in [0.1, 0.15) is 0 Å². The van der Waals surface area contributed by atoms with Crippen molar-refractivity contribution in [2.75, 3.05) is 18.9 Å². The fraction of sp³-hybridized carbons (Fsp3) is 0.455. The summed E-state index contributed by atoms with van der Waals surface area (Å²) in [4.78, 5) is 0. The van der Waals surface area contributed by atoms with Crippen molar-refractivity contribution in [2.24, 2.45) is 0 Å². The van der Waals surface area contributed by atoms with Gasteiger partial charge < -0.3 is 15.6 Å². The van der Waals surface area contributed by atoms with Gasteiger partial charge in [0.15, 0.2) is 0 Å². The third-order valence-corrected chi connectivity index (χ3v) is 2.77. The van der Waals surface area contributed by atoms with Crippen molar-refractivity contribution < 1.29 is 9.84 Å². The van der Waals surface area contributed by atoms with Crippen LogP contribution in [0.2, 0.25) is 0 Å². The summed E-state index contributed by atoms with van der Waals surface area (Å²) < 4.78 is 5.23. The molecule has 1 aromatic rings. The average molecular weight is 193 g/mol. The van der Waals surface area contributed by atoms with Crippen LogP contribution in [0.1, 0.15) is 18.4 Å². The Morgan fingerprint density at radius 1 is 1.14 bits per heavy atom. The summed E-state index contributed by atoms with van der Waals surface area (Å²) in [5.74, 6) is 0. The number of ether oxygens (including phenoxy) is 1. The van der Waals surface area contributed by atoms with Crippen molar-refractivity contribution in [2.45, 2.75) is 18.4 Å². The minimum absolute atomic E-state index is 0.626. The quantitative estimate of drug-likeness (QED) is 0.660. The highest BCUT2D eigenvalue weighted by Crippen LogP contribution is 2.31. The topological polar surface area (TPSA) is 55.5 Å². The Kier molecular flexibility index (Phi) is 2.44. The van der Waals surface area contributed by atoms with Gasteiger partial charge in [-0.25, -0.2) is 0 Å². The molecule has 1 heterocycles. The predicted octanol–water partition coefficient (Wildman–Crippen LogP) is 1.27. The number of anilines is 1. The Morgan fingerprint density at radius 2 is 1.71 bits per heavy atom. The largest absolute Gasteiger partial charge is 0.399 e. The normalized spacial score (nSPS) is 20.6. The smallest absolute Gasteiger partial charge is 0.0940 e. The molecule has 76 valence electrons. The Hall–Kier alpha value is -1.06. The molecule has 0 spiro atoms. The van der Waals surface area contributed by atoms with E-state index in [-0.39, 0.29) is 0 Å². The lowest BCUT2D eigenvalue weighted by Crippen LogP contribution is -2.33. The molecule has 0 saturated carbocycles. The zero-order valence-electron chi connectivity index (χ0n) is 8.07. The van der Waals surface area contributed by atoms with E-state index in [2.05, 4.69) is 0 Å². The van der Waals surface area contributed by atoms with E-state index in [1.54, 1.807) is 0 Å². The molecule has 1 saturated heterocycles. The molecule has 0 unspecified atom stereocenters. The van der Waals surface area contributed by atoms with Gasteiger partial charge in [0.2, 0.25) is 0 Å². The van der Waals surface area contributed by atoms with E-state index >= 15 is 0 Å². The number of rotatable bonds is 1. The molecular weight excluding hydrogens is 178 g/mol. The average Bonchev–Trinajstić information content (AvgIpc) is 2.19. The lowest BCUT2D eigenvalue weighted by atomic mass is 9.86. The monoisotopic (exact) mass is 193 g/mol. The molecule has 0 atom stereocenters.